The topological polar surface area (TPSA) is 63.2 Å². The molecule has 4 aromatic rings. The van der Waals surface area contributed by atoms with Crippen molar-refractivity contribution < 1.29 is 27.8 Å². The second-order valence-electron chi connectivity index (χ2n) is 20.4. The first-order chi connectivity index (χ1) is 25.4. The molecule has 0 aliphatic rings. The van der Waals surface area contributed by atoms with Crippen molar-refractivity contribution in [1.29, 1.82) is 0 Å². The Morgan fingerprint density at radius 2 is 0.875 bits per heavy atom. The van der Waals surface area contributed by atoms with Crippen LogP contribution in [0.5, 0.6) is 23.0 Å². The Labute approximate surface area is 339 Å². The summed E-state index contributed by atoms with van der Waals surface area (Å²) >= 11 is 0. The normalized spacial score (nSPS) is 12.8. The van der Waals surface area contributed by atoms with Crippen molar-refractivity contribution in [2.45, 2.75) is 159 Å². The van der Waals surface area contributed by atoms with Crippen molar-refractivity contribution in [2.75, 3.05) is 0 Å². The number of benzene rings is 4. The van der Waals surface area contributed by atoms with Crippen molar-refractivity contribution in [3.05, 3.63) is 105 Å². The molecule has 4 aromatic carbocycles. The molecule has 0 aromatic heterocycles. The number of hydrogen-bond donors (Lipinski definition) is 0. The Kier molecular flexibility index (Phi) is 12.8. The van der Waals surface area contributed by atoms with Gasteiger partial charge in [-0.2, -0.15) is 0 Å². The predicted octanol–water partition coefficient (Wildman–Crippen LogP) is 14.9. The van der Waals surface area contributed by atoms with Crippen LogP contribution in [0.15, 0.2) is 60.7 Å². The zero-order valence-corrected chi connectivity index (χ0v) is 38.6. The molecule has 7 heteroatoms. The van der Waals surface area contributed by atoms with E-state index in [2.05, 4.69) is 132 Å². The van der Waals surface area contributed by atoms with Gasteiger partial charge in [0.15, 0.2) is 0 Å². The molecule has 56 heavy (non-hydrogen) atoms. The van der Waals surface area contributed by atoms with Crippen molar-refractivity contribution in [3.8, 4) is 34.1 Å². The molecular weight excluding hydrogens is 716 g/mol. The number of ether oxygens (including phenoxy) is 2. The summed E-state index contributed by atoms with van der Waals surface area (Å²) in [4.78, 5) is 13.1. The molecule has 0 bridgehead atoms. The zero-order chi connectivity index (χ0) is 42.3. The number of carbonyl (C=O) groups excluding carboxylic acids is 1. The summed E-state index contributed by atoms with van der Waals surface area (Å²) in [6.07, 6.45) is -0.770. The Morgan fingerprint density at radius 3 is 1.25 bits per heavy atom. The van der Waals surface area contributed by atoms with Crippen molar-refractivity contribution >= 4 is 14.8 Å². The number of aryl methyl sites for hydroxylation is 4. The van der Waals surface area contributed by atoms with Crippen LogP contribution in [0.4, 0.5) is 4.79 Å². The Bertz CT molecular complexity index is 1980. The largest absolute Gasteiger partial charge is 0.530 e. The quantitative estimate of drug-likeness (QED) is 0.101. The Morgan fingerprint density at radius 1 is 0.482 bits per heavy atom. The highest BCUT2D eigenvalue weighted by atomic mass is 31.2. The number of carbonyl (C=O) groups is 1. The Hall–Kier alpha value is -4.02. The Balaban J connectivity index is 1.97. The van der Waals surface area contributed by atoms with Crippen LogP contribution in [0.25, 0.3) is 11.1 Å². The third kappa shape index (κ3) is 11.3. The molecule has 0 heterocycles. The van der Waals surface area contributed by atoms with Crippen molar-refractivity contribution in [3.63, 3.8) is 0 Å². The van der Waals surface area contributed by atoms with Crippen molar-refractivity contribution in [1.82, 2.24) is 0 Å². The molecule has 304 valence electrons. The molecule has 0 radical (unpaired) electrons. The van der Waals surface area contributed by atoms with Gasteiger partial charge in [0.1, 0.15) is 28.6 Å². The van der Waals surface area contributed by atoms with E-state index in [1.165, 1.54) is 11.1 Å². The highest BCUT2D eigenvalue weighted by molar-refractivity contribution is 7.43. The molecule has 0 fully saturated rings. The second-order valence-corrected chi connectivity index (χ2v) is 21.4. The molecule has 0 unspecified atom stereocenters. The molecule has 0 amide bonds. The summed E-state index contributed by atoms with van der Waals surface area (Å²) < 4.78 is 32.7. The highest BCUT2D eigenvalue weighted by Gasteiger charge is 2.32. The van der Waals surface area contributed by atoms with E-state index in [-0.39, 0.29) is 21.7 Å². The van der Waals surface area contributed by atoms with Gasteiger partial charge in [0.2, 0.25) is 0 Å². The fourth-order valence-corrected chi connectivity index (χ4v) is 7.68. The summed E-state index contributed by atoms with van der Waals surface area (Å²) in [5, 5.41) is 0. The lowest BCUT2D eigenvalue weighted by molar-refractivity contribution is 0.0205. The summed E-state index contributed by atoms with van der Waals surface area (Å²) in [5.74, 6) is 2.39. The fraction of sp³-hybridized carbons (Fsp3) is 0.490. The van der Waals surface area contributed by atoms with Crippen LogP contribution in [-0.4, -0.2) is 11.8 Å². The molecule has 4 rings (SSSR count). The van der Waals surface area contributed by atoms with Crippen molar-refractivity contribution in [2.24, 2.45) is 0 Å². The molecule has 0 aliphatic carbocycles. The molecule has 6 nitrogen and oxygen atoms in total. The summed E-state index contributed by atoms with van der Waals surface area (Å²) in [6, 6.07) is 21.0. The minimum absolute atomic E-state index is 0.0500. The zero-order valence-electron chi connectivity index (χ0n) is 37.7. The maximum atomic E-state index is 13.1. The average molecular weight is 783 g/mol. The first-order valence-electron chi connectivity index (χ1n) is 19.7. The first kappa shape index (κ1) is 44.7. The van der Waals surface area contributed by atoms with Gasteiger partial charge in [-0.25, -0.2) is 4.79 Å². The summed E-state index contributed by atoms with van der Waals surface area (Å²) in [7, 11) is -2.12. The lowest BCUT2D eigenvalue weighted by atomic mass is 9.80. The van der Waals surface area contributed by atoms with E-state index in [9.17, 15) is 4.79 Å². The van der Waals surface area contributed by atoms with Gasteiger partial charge >= 0.3 is 14.8 Å². The molecule has 0 N–H and O–H groups in total. The maximum absolute atomic E-state index is 13.1. The lowest BCUT2D eigenvalue weighted by Gasteiger charge is -2.30. The van der Waals surface area contributed by atoms with Crippen LogP contribution in [0.1, 0.15) is 148 Å². The summed E-state index contributed by atoms with van der Waals surface area (Å²) in [6.45, 7) is 40.0. The first-order valence-corrected chi connectivity index (χ1v) is 20.8. The van der Waals surface area contributed by atoms with E-state index in [1.807, 2.05) is 60.6 Å². The van der Waals surface area contributed by atoms with E-state index >= 15 is 0 Å². The van der Waals surface area contributed by atoms with Crippen LogP contribution >= 0.6 is 8.60 Å². The second kappa shape index (κ2) is 16.1. The van der Waals surface area contributed by atoms with Crippen LogP contribution in [0, 0.1) is 27.7 Å². The number of hydrogen-bond acceptors (Lipinski definition) is 6. The SMILES string of the molecule is Cc1cc(C)c(OC(=O)OC(C)(C)C)c(-c2cc(C)cc(C)c2OP(Oc2ccc(C(C)(C)C)cc2C(C)(C)C)Oc2ccc(C(C)(C)C)cc2C(C)(C)C)c1. The molecule has 0 saturated heterocycles. The van der Waals surface area contributed by atoms with Gasteiger partial charge in [0, 0.05) is 22.3 Å². The van der Waals surface area contributed by atoms with Gasteiger partial charge in [-0.3, -0.25) is 0 Å². The molecule has 0 saturated carbocycles. The smallest absolute Gasteiger partial charge is 0.428 e. The van der Waals surface area contributed by atoms with Gasteiger partial charge in [-0.15, -0.1) is 0 Å². The predicted molar refractivity (Wildman–Crippen MR) is 234 cm³/mol. The minimum atomic E-state index is -2.12. The molecular formula is C49H67O6P. The maximum Gasteiger partial charge on any atom is 0.530 e. The van der Waals surface area contributed by atoms with Gasteiger partial charge in [-0.1, -0.05) is 119 Å². The average Bonchev–Trinajstić information content (AvgIpc) is 3.00. The third-order valence-electron chi connectivity index (χ3n) is 9.52. The minimum Gasteiger partial charge on any atom is -0.428 e. The van der Waals surface area contributed by atoms with E-state index < -0.39 is 20.4 Å². The van der Waals surface area contributed by atoms with E-state index in [0.29, 0.717) is 28.6 Å². The summed E-state index contributed by atoms with van der Waals surface area (Å²) in [5.41, 5.74) is 8.46. The highest BCUT2D eigenvalue weighted by Crippen LogP contribution is 2.52. The monoisotopic (exact) mass is 782 g/mol. The van der Waals surface area contributed by atoms with E-state index in [0.717, 1.165) is 38.9 Å². The van der Waals surface area contributed by atoms with Crippen LogP contribution in [0.2, 0.25) is 0 Å². The lowest BCUT2D eigenvalue weighted by Crippen LogP contribution is -2.26. The standard InChI is InChI=1S/C49H67O6P/c1-30-24-32(3)42(51-44(50)52-49(17,18)19)36(26-30)37-27-31(2)25-33(4)43(37)55-56(53-40-22-20-34(45(5,6)7)28-38(40)47(11,12)13)54-41-23-21-35(46(8,9)10)29-39(41)48(14,15)16/h20-29H,1-19H3. The molecule has 0 atom stereocenters. The van der Waals surface area contributed by atoms with Gasteiger partial charge in [-0.05, 0) is 128 Å². The van der Waals surface area contributed by atoms with E-state index in [1.54, 1.807) is 0 Å². The third-order valence-corrected chi connectivity index (χ3v) is 10.5. The van der Waals surface area contributed by atoms with Gasteiger partial charge < -0.3 is 23.0 Å². The van der Waals surface area contributed by atoms with Crippen LogP contribution < -0.4 is 18.3 Å². The molecule has 0 spiro atoms. The van der Waals surface area contributed by atoms with Gasteiger partial charge in [0.05, 0.1) is 0 Å². The van der Waals surface area contributed by atoms with Crippen LogP contribution in [0.3, 0.4) is 0 Å². The van der Waals surface area contributed by atoms with Gasteiger partial charge in [0.25, 0.3) is 0 Å². The molecule has 0 aliphatic heterocycles. The number of rotatable bonds is 8. The fourth-order valence-electron chi connectivity index (χ4n) is 6.54. The van der Waals surface area contributed by atoms with Crippen LogP contribution in [-0.2, 0) is 26.4 Å². The van der Waals surface area contributed by atoms with E-state index in [4.69, 9.17) is 23.0 Å².